The molecule has 4 saturated carbocycles. The van der Waals surface area contributed by atoms with Gasteiger partial charge in [-0.05, 0) is 42.9 Å². The zero-order valence-corrected chi connectivity index (χ0v) is 6.43. The van der Waals surface area contributed by atoms with Gasteiger partial charge in [0.05, 0.1) is 0 Å². The molecule has 0 saturated heterocycles. The van der Waals surface area contributed by atoms with Gasteiger partial charge in [-0.2, -0.15) is 0 Å². The Hall–Kier alpha value is 0. The van der Waals surface area contributed by atoms with Gasteiger partial charge in [-0.25, -0.2) is 0 Å². The van der Waals surface area contributed by atoms with Gasteiger partial charge in [0.1, 0.15) is 0 Å². The summed E-state index contributed by atoms with van der Waals surface area (Å²) < 4.78 is 0. The van der Waals surface area contributed by atoms with Gasteiger partial charge in [0.15, 0.2) is 0 Å². The van der Waals surface area contributed by atoms with E-state index in [1.807, 2.05) is 13.8 Å². The highest BCUT2D eigenvalue weighted by Crippen LogP contribution is 2.70. The van der Waals surface area contributed by atoms with Crippen molar-refractivity contribution in [2.45, 2.75) is 33.1 Å². The summed E-state index contributed by atoms with van der Waals surface area (Å²) in [6, 6.07) is 0. The van der Waals surface area contributed by atoms with Crippen LogP contribution in [0.5, 0.6) is 0 Å². The molecule has 4 rings (SSSR count). The molecule has 52 valence electrons. The van der Waals surface area contributed by atoms with E-state index >= 15 is 0 Å². The van der Waals surface area contributed by atoms with E-state index in [9.17, 15) is 0 Å². The molecule has 4 fully saturated rings. The average Bonchev–Trinajstić information content (AvgIpc) is 2.49. The third-order valence-electron chi connectivity index (χ3n) is 3.33. The summed E-state index contributed by atoms with van der Waals surface area (Å²) in [5.74, 6) is 4.97. The fourth-order valence-corrected chi connectivity index (χ4v) is 3.02. The first-order valence-electron chi connectivity index (χ1n) is 4.45. The number of rotatable bonds is 0. The standard InChI is InChI=1S/C7H10.C2H6/c1-4-2-6-5(1)7(6)3-4;1-2/h4-7H,1-3H2;1-2H3. The van der Waals surface area contributed by atoms with Crippen LogP contribution < -0.4 is 0 Å². The van der Waals surface area contributed by atoms with Crippen molar-refractivity contribution in [1.82, 2.24) is 0 Å². The van der Waals surface area contributed by atoms with Gasteiger partial charge in [-0.3, -0.25) is 0 Å². The van der Waals surface area contributed by atoms with Crippen LogP contribution in [-0.2, 0) is 0 Å². The van der Waals surface area contributed by atoms with Crippen LogP contribution in [0.4, 0.5) is 0 Å². The molecular weight excluding hydrogens is 108 g/mol. The van der Waals surface area contributed by atoms with E-state index in [1.165, 1.54) is 23.7 Å². The molecule has 0 heterocycles. The normalized spacial score (nSPS) is 56.7. The Morgan fingerprint density at radius 3 is 1.22 bits per heavy atom. The van der Waals surface area contributed by atoms with Crippen LogP contribution in [0.1, 0.15) is 33.1 Å². The van der Waals surface area contributed by atoms with Crippen molar-refractivity contribution < 1.29 is 0 Å². The lowest BCUT2D eigenvalue weighted by atomic mass is 10.1. The van der Waals surface area contributed by atoms with Gasteiger partial charge in [0.2, 0.25) is 0 Å². The molecule has 4 aliphatic carbocycles. The van der Waals surface area contributed by atoms with Crippen LogP contribution in [0.3, 0.4) is 0 Å². The minimum Gasteiger partial charge on any atom is -0.0683 e. The molecule has 0 amide bonds. The smallest absolute Gasteiger partial charge is 0.0349 e. The molecule has 4 bridgehead atoms. The van der Waals surface area contributed by atoms with E-state index < -0.39 is 0 Å². The Morgan fingerprint density at radius 1 is 0.778 bits per heavy atom. The first-order valence-corrected chi connectivity index (χ1v) is 4.45. The molecule has 0 nitrogen and oxygen atoms in total. The Morgan fingerprint density at radius 2 is 1.11 bits per heavy atom. The Labute approximate surface area is 57.6 Å². The first kappa shape index (κ1) is 5.76. The molecule has 0 spiro atoms. The maximum absolute atomic E-state index is 2.00. The summed E-state index contributed by atoms with van der Waals surface area (Å²) in [6.45, 7) is 4.00. The monoisotopic (exact) mass is 124 g/mol. The highest BCUT2D eigenvalue weighted by molar-refractivity contribution is 5.11. The van der Waals surface area contributed by atoms with Crippen molar-refractivity contribution in [2.24, 2.45) is 23.7 Å². The Bertz CT molecular complexity index is 87.4. The van der Waals surface area contributed by atoms with Crippen molar-refractivity contribution in [2.75, 3.05) is 0 Å². The molecule has 4 aliphatic rings. The van der Waals surface area contributed by atoms with Crippen LogP contribution in [0, 0.1) is 23.7 Å². The third-order valence-corrected chi connectivity index (χ3v) is 3.33. The van der Waals surface area contributed by atoms with Crippen molar-refractivity contribution in [3.63, 3.8) is 0 Å². The van der Waals surface area contributed by atoms with E-state index in [2.05, 4.69) is 0 Å². The zero-order chi connectivity index (χ0) is 6.43. The average molecular weight is 124 g/mol. The molecule has 0 heteroatoms. The Balaban J connectivity index is 0.000000155. The Kier molecular flexibility index (Phi) is 1.12. The fraction of sp³-hybridized carbons (Fsp3) is 1.00. The summed E-state index contributed by atoms with van der Waals surface area (Å²) >= 11 is 0. The lowest BCUT2D eigenvalue weighted by Crippen LogP contribution is -1.79. The number of hydrogen-bond donors (Lipinski definition) is 0. The second-order valence-corrected chi connectivity index (χ2v) is 3.56. The second kappa shape index (κ2) is 1.74. The summed E-state index contributed by atoms with van der Waals surface area (Å²) in [5, 5.41) is 0. The predicted octanol–water partition coefficient (Wildman–Crippen LogP) is 2.69. The SMILES string of the molecule is C1C2CC3C1C3C2.CC. The quantitative estimate of drug-likeness (QED) is 0.465. The molecule has 9 heavy (non-hydrogen) atoms. The largest absolute Gasteiger partial charge is 0.0683 e. The summed E-state index contributed by atoms with van der Waals surface area (Å²) in [6.07, 6.45) is 4.86. The molecule has 0 atom stereocenters. The van der Waals surface area contributed by atoms with E-state index in [0.717, 1.165) is 0 Å². The van der Waals surface area contributed by atoms with E-state index in [4.69, 9.17) is 0 Å². The highest BCUT2D eigenvalue weighted by atomic mass is 14.7. The van der Waals surface area contributed by atoms with Crippen LogP contribution >= 0.6 is 0 Å². The van der Waals surface area contributed by atoms with E-state index in [-0.39, 0.29) is 0 Å². The van der Waals surface area contributed by atoms with Crippen LogP contribution in [0.15, 0.2) is 0 Å². The molecule has 0 aromatic rings. The highest BCUT2D eigenvalue weighted by Gasteiger charge is 2.62. The van der Waals surface area contributed by atoms with Crippen molar-refractivity contribution in [3.8, 4) is 0 Å². The molecule has 0 radical (unpaired) electrons. The molecule has 0 aromatic heterocycles. The first-order chi connectivity index (χ1) is 4.45. The van der Waals surface area contributed by atoms with E-state index in [1.54, 1.807) is 19.3 Å². The third kappa shape index (κ3) is 0.595. The summed E-state index contributed by atoms with van der Waals surface area (Å²) in [4.78, 5) is 0. The topological polar surface area (TPSA) is 0 Å². The van der Waals surface area contributed by atoms with Crippen LogP contribution in [-0.4, -0.2) is 0 Å². The van der Waals surface area contributed by atoms with E-state index in [0.29, 0.717) is 0 Å². The van der Waals surface area contributed by atoms with Gasteiger partial charge < -0.3 is 0 Å². The number of hydrogen-bond acceptors (Lipinski definition) is 0. The van der Waals surface area contributed by atoms with Gasteiger partial charge in [0, 0.05) is 0 Å². The van der Waals surface area contributed by atoms with Gasteiger partial charge in [-0.15, -0.1) is 0 Å². The summed E-state index contributed by atoms with van der Waals surface area (Å²) in [5.41, 5.74) is 0. The van der Waals surface area contributed by atoms with Gasteiger partial charge >= 0.3 is 0 Å². The molecule has 0 N–H and O–H groups in total. The summed E-state index contributed by atoms with van der Waals surface area (Å²) in [7, 11) is 0. The maximum atomic E-state index is 2.00. The minimum absolute atomic E-state index is 1.21. The zero-order valence-electron chi connectivity index (χ0n) is 6.43. The van der Waals surface area contributed by atoms with Crippen LogP contribution in [0.2, 0.25) is 0 Å². The molecule has 0 aliphatic heterocycles. The lowest BCUT2D eigenvalue weighted by molar-refractivity contribution is 0.604. The predicted molar refractivity (Wildman–Crippen MR) is 39.2 cm³/mol. The van der Waals surface area contributed by atoms with Gasteiger partial charge in [0.25, 0.3) is 0 Å². The van der Waals surface area contributed by atoms with Crippen LogP contribution in [0.25, 0.3) is 0 Å². The fourth-order valence-electron chi connectivity index (χ4n) is 3.02. The van der Waals surface area contributed by atoms with Crippen molar-refractivity contribution in [1.29, 1.82) is 0 Å². The van der Waals surface area contributed by atoms with Crippen molar-refractivity contribution >= 4 is 0 Å². The van der Waals surface area contributed by atoms with Crippen molar-refractivity contribution in [3.05, 3.63) is 0 Å². The second-order valence-electron chi connectivity index (χ2n) is 3.56. The maximum Gasteiger partial charge on any atom is -0.0349 e. The molecule has 0 aromatic carbocycles. The lowest BCUT2D eigenvalue weighted by Gasteiger charge is -1.91. The molecular formula is C9H16. The van der Waals surface area contributed by atoms with Gasteiger partial charge in [-0.1, -0.05) is 13.8 Å². The molecule has 0 unspecified atom stereocenters. The minimum atomic E-state index is 1.21.